The fourth-order valence-corrected chi connectivity index (χ4v) is 4.02. The van der Waals surface area contributed by atoms with Crippen molar-refractivity contribution in [1.82, 2.24) is 29.3 Å². The molecule has 0 aromatic carbocycles. The van der Waals surface area contributed by atoms with Gasteiger partial charge in [0.15, 0.2) is 0 Å². The first kappa shape index (κ1) is 20.2. The predicted octanol–water partition coefficient (Wildman–Crippen LogP) is 3.42. The van der Waals surface area contributed by atoms with E-state index in [1.165, 1.54) is 11.1 Å². The Labute approximate surface area is 177 Å². The zero-order valence-corrected chi connectivity index (χ0v) is 17.6. The average Bonchev–Trinajstić information content (AvgIpc) is 3.31. The molecule has 30 heavy (non-hydrogen) atoms. The molecule has 156 valence electrons. The summed E-state index contributed by atoms with van der Waals surface area (Å²) in [5.74, 6) is 0. The highest BCUT2D eigenvalue weighted by atomic mass is 16.2. The lowest BCUT2D eigenvalue weighted by Gasteiger charge is -2.38. The Hall–Kier alpha value is -3.06. The van der Waals surface area contributed by atoms with Crippen LogP contribution in [0.3, 0.4) is 0 Å². The summed E-state index contributed by atoms with van der Waals surface area (Å²) in [6, 6.07) is 8.55. The number of aromatic nitrogens is 4. The number of hydrogen-bond acceptors (Lipinski definition) is 5. The van der Waals surface area contributed by atoms with Gasteiger partial charge in [-0.1, -0.05) is 12.1 Å². The van der Waals surface area contributed by atoms with Crippen LogP contribution in [0.1, 0.15) is 35.4 Å². The minimum absolute atomic E-state index is 0.00126. The topological polar surface area (TPSA) is 67.2 Å². The quantitative estimate of drug-likeness (QED) is 0.652. The van der Waals surface area contributed by atoms with E-state index in [1.807, 2.05) is 29.4 Å². The molecule has 0 aliphatic carbocycles. The lowest BCUT2D eigenvalue weighted by atomic mass is 10.0. The van der Waals surface area contributed by atoms with Crippen LogP contribution in [0.2, 0.25) is 0 Å². The summed E-state index contributed by atoms with van der Waals surface area (Å²) in [6.45, 7) is 7.25. The lowest BCUT2D eigenvalue weighted by Crippen LogP contribution is -2.47. The molecule has 0 radical (unpaired) electrons. The van der Waals surface area contributed by atoms with Crippen LogP contribution >= 0.6 is 0 Å². The van der Waals surface area contributed by atoms with Gasteiger partial charge in [0, 0.05) is 57.0 Å². The second kappa shape index (κ2) is 9.17. The molecule has 3 aromatic rings. The van der Waals surface area contributed by atoms with Gasteiger partial charge in [0.25, 0.3) is 0 Å². The third-order valence-corrected chi connectivity index (χ3v) is 5.92. The van der Waals surface area contributed by atoms with Crippen molar-refractivity contribution in [1.29, 1.82) is 0 Å². The third kappa shape index (κ3) is 4.57. The molecule has 0 unspecified atom stereocenters. The van der Waals surface area contributed by atoms with Crippen molar-refractivity contribution in [3.8, 4) is 0 Å². The van der Waals surface area contributed by atoms with Gasteiger partial charge in [-0.3, -0.25) is 19.4 Å². The molecule has 0 saturated carbocycles. The summed E-state index contributed by atoms with van der Waals surface area (Å²) in [6.07, 6.45) is 10.5. The van der Waals surface area contributed by atoms with Gasteiger partial charge in [-0.25, -0.2) is 9.78 Å². The van der Waals surface area contributed by atoms with Crippen molar-refractivity contribution in [3.05, 3.63) is 77.9 Å². The van der Waals surface area contributed by atoms with E-state index in [4.69, 9.17) is 0 Å². The molecule has 3 aromatic heterocycles. The second-order valence-electron chi connectivity index (χ2n) is 7.91. The molecule has 7 nitrogen and oxygen atoms in total. The maximum Gasteiger partial charge on any atom is 0.329 e. The molecule has 1 saturated heterocycles. The van der Waals surface area contributed by atoms with E-state index in [-0.39, 0.29) is 6.03 Å². The zero-order valence-electron chi connectivity index (χ0n) is 17.6. The number of amides is 1. The third-order valence-electron chi connectivity index (χ3n) is 5.92. The van der Waals surface area contributed by atoms with Crippen molar-refractivity contribution in [2.45, 2.75) is 45.8 Å². The van der Waals surface area contributed by atoms with E-state index in [0.29, 0.717) is 6.04 Å². The summed E-state index contributed by atoms with van der Waals surface area (Å²) >= 11 is 0. The Morgan fingerprint density at radius 1 is 1.00 bits per heavy atom. The Morgan fingerprint density at radius 3 is 2.10 bits per heavy atom. The van der Waals surface area contributed by atoms with Crippen molar-refractivity contribution in [2.24, 2.45) is 0 Å². The average molecular weight is 405 g/mol. The number of carbonyl (C=O) groups excluding carboxylic acids is 1. The smallest absolute Gasteiger partial charge is 0.324 e. The van der Waals surface area contributed by atoms with Crippen molar-refractivity contribution >= 4 is 6.03 Å². The SMILES string of the molecule is Cc1cccnc1CN(Cc1ncccc1C)C1CCN(C(=O)n2ccnc2)CC1. The molecule has 0 N–H and O–H groups in total. The summed E-state index contributed by atoms with van der Waals surface area (Å²) in [5, 5.41) is 0. The van der Waals surface area contributed by atoms with Crippen molar-refractivity contribution in [2.75, 3.05) is 13.1 Å². The van der Waals surface area contributed by atoms with Gasteiger partial charge < -0.3 is 4.90 Å². The number of aryl methyl sites for hydroxylation is 2. The first-order valence-electron chi connectivity index (χ1n) is 10.4. The minimum Gasteiger partial charge on any atom is -0.324 e. The number of nitrogens with zero attached hydrogens (tertiary/aromatic N) is 6. The molecule has 0 atom stereocenters. The van der Waals surface area contributed by atoms with Crippen LogP contribution in [0.5, 0.6) is 0 Å². The van der Waals surface area contributed by atoms with Crippen LogP contribution in [-0.2, 0) is 13.1 Å². The van der Waals surface area contributed by atoms with E-state index < -0.39 is 0 Å². The number of pyridine rings is 2. The number of rotatable bonds is 5. The monoisotopic (exact) mass is 404 g/mol. The minimum atomic E-state index is -0.00126. The Kier molecular flexibility index (Phi) is 6.18. The Bertz CT molecular complexity index is 931. The van der Waals surface area contributed by atoms with E-state index in [1.54, 1.807) is 23.3 Å². The van der Waals surface area contributed by atoms with Crippen molar-refractivity contribution in [3.63, 3.8) is 0 Å². The molecule has 0 spiro atoms. The first-order chi connectivity index (χ1) is 14.6. The highest BCUT2D eigenvalue weighted by Crippen LogP contribution is 2.23. The summed E-state index contributed by atoms with van der Waals surface area (Å²) in [5.41, 5.74) is 4.60. The Morgan fingerprint density at radius 2 is 1.60 bits per heavy atom. The number of carbonyl (C=O) groups is 1. The first-order valence-corrected chi connectivity index (χ1v) is 10.4. The highest BCUT2D eigenvalue weighted by Gasteiger charge is 2.28. The second-order valence-corrected chi connectivity index (χ2v) is 7.91. The van der Waals surface area contributed by atoms with Crippen LogP contribution < -0.4 is 0 Å². The maximum absolute atomic E-state index is 12.6. The van der Waals surface area contributed by atoms with Gasteiger partial charge in [0.1, 0.15) is 6.33 Å². The van der Waals surface area contributed by atoms with Gasteiger partial charge in [-0.05, 0) is 49.9 Å². The van der Waals surface area contributed by atoms with Crippen LogP contribution in [0.15, 0.2) is 55.4 Å². The van der Waals surface area contributed by atoms with Crippen LogP contribution in [-0.4, -0.2) is 54.5 Å². The van der Waals surface area contributed by atoms with Gasteiger partial charge in [0.05, 0.1) is 11.4 Å². The number of hydrogen-bond donors (Lipinski definition) is 0. The molecule has 4 heterocycles. The summed E-state index contributed by atoms with van der Waals surface area (Å²) in [7, 11) is 0. The van der Waals surface area contributed by atoms with Crippen LogP contribution in [0, 0.1) is 13.8 Å². The maximum atomic E-state index is 12.6. The highest BCUT2D eigenvalue weighted by molar-refractivity contribution is 5.76. The summed E-state index contributed by atoms with van der Waals surface area (Å²) < 4.78 is 1.55. The summed E-state index contributed by atoms with van der Waals surface area (Å²) in [4.78, 5) is 30.2. The molecule has 0 bridgehead atoms. The molecule has 7 heteroatoms. The van der Waals surface area contributed by atoms with E-state index in [0.717, 1.165) is 50.4 Å². The molecular weight excluding hydrogens is 376 g/mol. The van der Waals surface area contributed by atoms with Crippen LogP contribution in [0.4, 0.5) is 4.79 Å². The largest absolute Gasteiger partial charge is 0.329 e. The molecule has 1 amide bonds. The normalized spacial score (nSPS) is 15.0. The van der Waals surface area contributed by atoms with Crippen LogP contribution in [0.25, 0.3) is 0 Å². The molecular formula is C23H28N6O. The molecule has 4 rings (SSSR count). The fourth-order valence-electron chi connectivity index (χ4n) is 4.02. The van der Waals surface area contributed by atoms with E-state index in [2.05, 4.69) is 45.8 Å². The standard InChI is InChI=1S/C23H28N6O/c1-18-5-3-9-25-21(18)15-29(16-22-19(2)6-4-10-26-22)20-7-12-27(13-8-20)23(30)28-14-11-24-17-28/h3-6,9-11,14,17,20H,7-8,12-13,15-16H2,1-2H3. The lowest BCUT2D eigenvalue weighted by molar-refractivity contribution is 0.104. The zero-order chi connectivity index (χ0) is 20.9. The van der Waals surface area contributed by atoms with Crippen molar-refractivity contribution < 1.29 is 4.79 Å². The van der Waals surface area contributed by atoms with Gasteiger partial charge in [-0.15, -0.1) is 0 Å². The van der Waals surface area contributed by atoms with Gasteiger partial charge >= 0.3 is 6.03 Å². The molecule has 1 aliphatic rings. The van der Waals surface area contributed by atoms with Gasteiger partial charge in [-0.2, -0.15) is 0 Å². The molecule has 1 fully saturated rings. The fraction of sp³-hybridized carbons (Fsp3) is 0.391. The Balaban J connectivity index is 1.49. The number of likely N-dealkylation sites (tertiary alicyclic amines) is 1. The van der Waals surface area contributed by atoms with Gasteiger partial charge in [0.2, 0.25) is 0 Å². The number of piperidine rings is 1. The predicted molar refractivity (Wildman–Crippen MR) is 115 cm³/mol. The van der Waals surface area contributed by atoms with E-state index in [9.17, 15) is 4.79 Å². The molecule has 1 aliphatic heterocycles. The number of imidazole rings is 1. The van der Waals surface area contributed by atoms with E-state index >= 15 is 0 Å².